The Labute approximate surface area is 174 Å². The Morgan fingerprint density at radius 1 is 1.17 bits per heavy atom. The molecule has 0 aliphatic heterocycles. The topological polar surface area (TPSA) is 70.4 Å². The predicted molar refractivity (Wildman–Crippen MR) is 116 cm³/mol. The highest BCUT2D eigenvalue weighted by Gasteiger charge is 2.21. The van der Waals surface area contributed by atoms with Crippen LogP contribution in [0.1, 0.15) is 45.2 Å². The number of rotatable bonds is 8. The Hall–Kier alpha value is -2.51. The van der Waals surface area contributed by atoms with E-state index in [2.05, 4.69) is 31.0 Å². The van der Waals surface area contributed by atoms with Gasteiger partial charge in [-0.2, -0.15) is 0 Å². The van der Waals surface area contributed by atoms with Crippen molar-refractivity contribution in [2.45, 2.75) is 39.7 Å². The number of nitrogens with zero attached hydrogens (tertiary/aromatic N) is 2. The lowest BCUT2D eigenvalue weighted by molar-refractivity contribution is -0.148. The largest absolute Gasteiger partial charge is 0.462 e. The monoisotopic (exact) mass is 414 g/mol. The summed E-state index contributed by atoms with van der Waals surface area (Å²) in [6.45, 7) is 8.86. The first-order chi connectivity index (χ1) is 13.9. The molecule has 0 radical (unpaired) electrons. The molecule has 154 valence electrons. The highest BCUT2D eigenvalue weighted by Crippen LogP contribution is 2.31. The molecular weight excluding hydrogens is 388 g/mol. The van der Waals surface area contributed by atoms with Crippen LogP contribution in [0.25, 0.3) is 21.3 Å². The van der Waals surface area contributed by atoms with Crippen LogP contribution in [-0.4, -0.2) is 35.3 Å². The van der Waals surface area contributed by atoms with Crippen LogP contribution in [0.4, 0.5) is 0 Å². The number of carbonyl (C=O) groups is 1. The summed E-state index contributed by atoms with van der Waals surface area (Å²) < 4.78 is 11.7. The molecule has 0 aliphatic rings. The third-order valence-electron chi connectivity index (χ3n) is 4.84. The molecule has 0 spiro atoms. The molecule has 0 fully saturated rings. The molecule has 1 atom stereocenters. The summed E-state index contributed by atoms with van der Waals surface area (Å²) in [6.07, 6.45) is 1.42. The SMILES string of the molecule is CCOCCOC(=O)C(C)n1cnc2scc(-c3ccc(C(C)C)cc3)c2c1=O. The van der Waals surface area contributed by atoms with E-state index in [4.69, 9.17) is 9.47 Å². The standard InChI is InChI=1S/C22H26N2O4S/c1-5-27-10-11-28-22(26)15(4)24-13-23-20-19(21(24)25)18(12-29-20)17-8-6-16(7-9-17)14(2)3/h6-9,12-15H,5,10-11H2,1-4H3. The maximum atomic E-state index is 13.2. The van der Waals surface area contributed by atoms with Gasteiger partial charge in [0.1, 0.15) is 17.5 Å². The maximum absolute atomic E-state index is 13.2. The van der Waals surface area contributed by atoms with Gasteiger partial charge in [0, 0.05) is 17.6 Å². The number of ether oxygens (including phenoxy) is 2. The van der Waals surface area contributed by atoms with E-state index in [1.54, 1.807) is 6.92 Å². The first kappa shape index (κ1) is 21.2. The molecule has 1 aromatic carbocycles. The van der Waals surface area contributed by atoms with E-state index >= 15 is 0 Å². The third kappa shape index (κ3) is 4.57. The average Bonchev–Trinajstić information content (AvgIpc) is 3.16. The summed E-state index contributed by atoms with van der Waals surface area (Å²) in [5.74, 6) is -0.0391. The third-order valence-corrected chi connectivity index (χ3v) is 5.73. The molecule has 3 rings (SSSR count). The molecule has 0 bridgehead atoms. The molecular formula is C22H26N2O4S. The second-order valence-electron chi connectivity index (χ2n) is 7.10. The van der Waals surface area contributed by atoms with Crippen molar-refractivity contribution in [1.29, 1.82) is 0 Å². The molecule has 2 aromatic heterocycles. The number of fused-ring (bicyclic) bond motifs is 1. The van der Waals surface area contributed by atoms with Crippen molar-refractivity contribution in [2.24, 2.45) is 0 Å². The normalized spacial score (nSPS) is 12.4. The lowest BCUT2D eigenvalue weighted by Gasteiger charge is -2.14. The van der Waals surface area contributed by atoms with Crippen LogP contribution in [-0.2, 0) is 14.3 Å². The summed E-state index contributed by atoms with van der Waals surface area (Å²) >= 11 is 1.42. The van der Waals surface area contributed by atoms with Gasteiger partial charge in [0.25, 0.3) is 5.56 Å². The Bertz CT molecular complexity index is 1040. The quantitative estimate of drug-likeness (QED) is 0.404. The fraction of sp³-hybridized carbons (Fsp3) is 0.409. The van der Waals surface area contributed by atoms with Crippen molar-refractivity contribution in [3.05, 3.63) is 51.9 Å². The zero-order chi connectivity index (χ0) is 21.0. The average molecular weight is 415 g/mol. The van der Waals surface area contributed by atoms with Gasteiger partial charge in [-0.25, -0.2) is 9.78 Å². The molecule has 0 amide bonds. The first-order valence-electron chi connectivity index (χ1n) is 9.77. The number of carbonyl (C=O) groups excluding carboxylic acids is 1. The van der Waals surface area contributed by atoms with Crippen molar-refractivity contribution >= 4 is 27.5 Å². The van der Waals surface area contributed by atoms with Crippen LogP contribution in [0.2, 0.25) is 0 Å². The van der Waals surface area contributed by atoms with Gasteiger partial charge in [-0.05, 0) is 30.9 Å². The number of aromatic nitrogens is 2. The molecule has 7 heteroatoms. The van der Waals surface area contributed by atoms with E-state index in [0.29, 0.717) is 29.3 Å². The summed E-state index contributed by atoms with van der Waals surface area (Å²) in [5, 5.41) is 2.47. The fourth-order valence-corrected chi connectivity index (χ4v) is 3.97. The summed E-state index contributed by atoms with van der Waals surface area (Å²) in [5.41, 5.74) is 2.80. The van der Waals surface area contributed by atoms with Crippen LogP contribution in [0, 0.1) is 0 Å². The molecule has 0 N–H and O–H groups in total. The maximum Gasteiger partial charge on any atom is 0.329 e. The van der Waals surface area contributed by atoms with E-state index < -0.39 is 12.0 Å². The zero-order valence-electron chi connectivity index (χ0n) is 17.2. The lowest BCUT2D eigenvalue weighted by Crippen LogP contribution is -2.30. The second kappa shape index (κ2) is 9.33. The van der Waals surface area contributed by atoms with E-state index in [0.717, 1.165) is 11.1 Å². The Kier molecular flexibility index (Phi) is 6.82. The van der Waals surface area contributed by atoms with Gasteiger partial charge in [0.05, 0.1) is 18.3 Å². The molecule has 3 aromatic rings. The van der Waals surface area contributed by atoms with E-state index in [1.165, 1.54) is 27.8 Å². The summed E-state index contributed by atoms with van der Waals surface area (Å²) in [4.78, 5) is 30.6. The molecule has 0 saturated carbocycles. The van der Waals surface area contributed by atoms with Gasteiger partial charge >= 0.3 is 5.97 Å². The Morgan fingerprint density at radius 2 is 1.90 bits per heavy atom. The van der Waals surface area contributed by atoms with Gasteiger partial charge in [-0.1, -0.05) is 38.1 Å². The number of hydrogen-bond donors (Lipinski definition) is 0. The number of hydrogen-bond acceptors (Lipinski definition) is 6. The Balaban J connectivity index is 1.92. The van der Waals surface area contributed by atoms with Crippen molar-refractivity contribution in [1.82, 2.24) is 9.55 Å². The van der Waals surface area contributed by atoms with E-state index in [1.807, 2.05) is 24.4 Å². The van der Waals surface area contributed by atoms with Crippen LogP contribution in [0.3, 0.4) is 0 Å². The van der Waals surface area contributed by atoms with E-state index in [-0.39, 0.29) is 12.2 Å². The highest BCUT2D eigenvalue weighted by atomic mass is 32.1. The fourth-order valence-electron chi connectivity index (χ4n) is 3.06. The van der Waals surface area contributed by atoms with Gasteiger partial charge in [0.15, 0.2) is 0 Å². The van der Waals surface area contributed by atoms with Crippen LogP contribution in [0.5, 0.6) is 0 Å². The first-order valence-corrected chi connectivity index (χ1v) is 10.6. The van der Waals surface area contributed by atoms with Gasteiger partial charge in [0.2, 0.25) is 0 Å². The van der Waals surface area contributed by atoms with Crippen molar-refractivity contribution < 1.29 is 14.3 Å². The van der Waals surface area contributed by atoms with Crippen LogP contribution >= 0.6 is 11.3 Å². The molecule has 29 heavy (non-hydrogen) atoms. The summed E-state index contributed by atoms with van der Waals surface area (Å²) in [7, 11) is 0. The van der Waals surface area contributed by atoms with Crippen molar-refractivity contribution in [3.63, 3.8) is 0 Å². The van der Waals surface area contributed by atoms with Gasteiger partial charge < -0.3 is 9.47 Å². The molecule has 2 heterocycles. The summed E-state index contributed by atoms with van der Waals surface area (Å²) in [6, 6.07) is 7.45. The minimum absolute atomic E-state index is 0.160. The number of benzene rings is 1. The second-order valence-corrected chi connectivity index (χ2v) is 7.96. The zero-order valence-corrected chi connectivity index (χ0v) is 18.0. The molecule has 0 saturated heterocycles. The molecule has 0 aliphatic carbocycles. The Morgan fingerprint density at radius 3 is 2.55 bits per heavy atom. The lowest BCUT2D eigenvalue weighted by atomic mass is 9.99. The van der Waals surface area contributed by atoms with Crippen LogP contribution < -0.4 is 5.56 Å². The number of esters is 1. The van der Waals surface area contributed by atoms with Gasteiger partial charge in [-0.3, -0.25) is 9.36 Å². The van der Waals surface area contributed by atoms with Crippen molar-refractivity contribution in [2.75, 3.05) is 19.8 Å². The number of thiophene rings is 1. The minimum atomic E-state index is -0.767. The van der Waals surface area contributed by atoms with Crippen molar-refractivity contribution in [3.8, 4) is 11.1 Å². The molecule has 1 unspecified atom stereocenters. The smallest absolute Gasteiger partial charge is 0.329 e. The van der Waals surface area contributed by atoms with Gasteiger partial charge in [-0.15, -0.1) is 11.3 Å². The highest BCUT2D eigenvalue weighted by molar-refractivity contribution is 7.17. The molecule has 6 nitrogen and oxygen atoms in total. The van der Waals surface area contributed by atoms with E-state index in [9.17, 15) is 9.59 Å². The predicted octanol–water partition coefficient (Wildman–Crippen LogP) is 4.39. The van der Waals surface area contributed by atoms with Crippen LogP contribution in [0.15, 0.2) is 40.8 Å². The minimum Gasteiger partial charge on any atom is -0.462 e.